The fraction of sp³-hybridized carbons (Fsp3) is 0.706. The molecule has 0 aromatic carbocycles. The quantitative estimate of drug-likeness (QED) is 0.722. The number of pyridine rings is 1. The molecule has 6 nitrogen and oxygen atoms in total. The number of halogens is 3. The number of hydrogen-bond acceptors (Lipinski definition) is 6. The molecule has 2 fully saturated rings. The maximum atomic E-state index is 12.9. The first-order valence-corrected chi connectivity index (χ1v) is 8.78. The maximum absolute atomic E-state index is 12.9. The molecule has 0 aliphatic carbocycles. The van der Waals surface area contributed by atoms with Crippen LogP contribution in [-0.4, -0.2) is 76.2 Å². The molecule has 146 valence electrons. The number of alkyl halides is 3. The van der Waals surface area contributed by atoms with Gasteiger partial charge < -0.3 is 20.2 Å². The predicted octanol–water partition coefficient (Wildman–Crippen LogP) is 0.715. The van der Waals surface area contributed by atoms with Gasteiger partial charge >= 0.3 is 6.18 Å². The topological polar surface area (TPSA) is 80.1 Å². The summed E-state index contributed by atoms with van der Waals surface area (Å²) in [6.45, 7) is 2.43. The number of likely N-dealkylation sites (tertiary alicyclic amines) is 1. The van der Waals surface area contributed by atoms with E-state index in [2.05, 4.69) is 4.98 Å². The molecule has 26 heavy (non-hydrogen) atoms. The Balaban J connectivity index is 1.63. The van der Waals surface area contributed by atoms with Gasteiger partial charge in [-0.2, -0.15) is 13.2 Å². The Bertz CT molecular complexity index is 604. The van der Waals surface area contributed by atoms with E-state index in [9.17, 15) is 28.5 Å². The molecule has 9 heteroatoms. The van der Waals surface area contributed by atoms with Gasteiger partial charge in [-0.1, -0.05) is 0 Å². The smallest absolute Gasteiger partial charge is 0.389 e. The first kappa shape index (κ1) is 19.3. The summed E-state index contributed by atoms with van der Waals surface area (Å²) in [7, 11) is 0. The molecule has 2 aliphatic rings. The van der Waals surface area contributed by atoms with Crippen LogP contribution in [0.25, 0.3) is 0 Å². The molecule has 0 bridgehead atoms. The van der Waals surface area contributed by atoms with E-state index >= 15 is 0 Å². The molecule has 0 saturated carbocycles. The highest BCUT2D eigenvalue weighted by molar-refractivity contribution is 5.47. The van der Waals surface area contributed by atoms with Crippen molar-refractivity contribution in [3.8, 4) is 0 Å². The summed E-state index contributed by atoms with van der Waals surface area (Å²) in [6, 6.07) is 1.13. The van der Waals surface area contributed by atoms with Crippen molar-refractivity contribution in [3.05, 3.63) is 24.0 Å². The lowest BCUT2D eigenvalue weighted by atomic mass is 9.94. The minimum absolute atomic E-state index is 0.202. The van der Waals surface area contributed by atoms with Gasteiger partial charge in [0.05, 0.1) is 29.7 Å². The molecule has 0 spiro atoms. The van der Waals surface area contributed by atoms with Crippen LogP contribution < -0.4 is 4.90 Å². The molecule has 2 aliphatic heterocycles. The van der Waals surface area contributed by atoms with E-state index in [-0.39, 0.29) is 19.0 Å². The Labute approximate surface area is 149 Å². The largest absolute Gasteiger partial charge is 0.417 e. The zero-order valence-electron chi connectivity index (χ0n) is 14.3. The van der Waals surface area contributed by atoms with Gasteiger partial charge in [0.1, 0.15) is 6.10 Å². The standard InChI is InChI=1S/C17H24F3N3O3/c18-17(19,20)12-4-13(6-21-5-12)23-3-1-2-11(8-23)7-22-9-14(24)16(26)15(25)10-22/h4-6,11,14-16,24-26H,1-3,7-10H2/t11-,14-,15+,16+/m0/s1. The van der Waals surface area contributed by atoms with Crippen LogP contribution in [0.2, 0.25) is 0 Å². The van der Waals surface area contributed by atoms with Gasteiger partial charge in [0, 0.05) is 38.9 Å². The maximum Gasteiger partial charge on any atom is 0.417 e. The lowest BCUT2D eigenvalue weighted by molar-refractivity contribution is -0.137. The molecule has 4 atom stereocenters. The van der Waals surface area contributed by atoms with Crippen LogP contribution in [0.5, 0.6) is 0 Å². The third kappa shape index (κ3) is 4.46. The molecular weight excluding hydrogens is 351 g/mol. The summed E-state index contributed by atoms with van der Waals surface area (Å²) in [5.41, 5.74) is -0.299. The monoisotopic (exact) mass is 375 g/mol. The highest BCUT2D eigenvalue weighted by Gasteiger charge is 2.35. The van der Waals surface area contributed by atoms with Crippen molar-refractivity contribution in [1.29, 1.82) is 0 Å². The summed E-state index contributed by atoms with van der Waals surface area (Å²) in [5.74, 6) is 0.202. The first-order chi connectivity index (χ1) is 12.2. The molecule has 3 rings (SSSR count). The number of nitrogens with zero attached hydrogens (tertiary/aromatic N) is 3. The van der Waals surface area contributed by atoms with Crippen LogP contribution >= 0.6 is 0 Å². The number of aromatic nitrogens is 1. The highest BCUT2D eigenvalue weighted by atomic mass is 19.4. The Kier molecular flexibility index (Phi) is 5.71. The van der Waals surface area contributed by atoms with E-state index in [0.717, 1.165) is 25.1 Å². The van der Waals surface area contributed by atoms with Crippen LogP contribution in [-0.2, 0) is 6.18 Å². The Morgan fingerprint density at radius 1 is 1.08 bits per heavy atom. The SMILES string of the molecule is O[C@H]1[C@H](O)CN(C[C@@H]2CCCN(c3cncc(C(F)(F)F)c3)C2)C[C@@H]1O. The fourth-order valence-electron chi connectivity index (χ4n) is 3.79. The van der Waals surface area contributed by atoms with Crippen molar-refractivity contribution in [1.82, 2.24) is 9.88 Å². The minimum Gasteiger partial charge on any atom is -0.389 e. The number of rotatable bonds is 3. The van der Waals surface area contributed by atoms with Crippen LogP contribution in [0.15, 0.2) is 18.5 Å². The molecule has 2 saturated heterocycles. The summed E-state index contributed by atoms with van der Waals surface area (Å²) in [5, 5.41) is 29.2. The van der Waals surface area contributed by atoms with Gasteiger partial charge in [0.2, 0.25) is 0 Å². The van der Waals surface area contributed by atoms with Crippen LogP contribution in [0.4, 0.5) is 18.9 Å². The van der Waals surface area contributed by atoms with Crippen molar-refractivity contribution >= 4 is 5.69 Å². The highest BCUT2D eigenvalue weighted by Crippen LogP contribution is 2.32. The van der Waals surface area contributed by atoms with E-state index in [1.54, 1.807) is 0 Å². The molecule has 0 unspecified atom stereocenters. The van der Waals surface area contributed by atoms with E-state index in [1.165, 1.54) is 6.20 Å². The van der Waals surface area contributed by atoms with Crippen LogP contribution in [0, 0.1) is 5.92 Å². The lowest BCUT2D eigenvalue weighted by Crippen LogP contribution is -2.56. The summed E-state index contributed by atoms with van der Waals surface area (Å²) in [6.07, 6.45) is -3.49. The van der Waals surface area contributed by atoms with Gasteiger partial charge in [-0.05, 0) is 24.8 Å². The zero-order chi connectivity index (χ0) is 18.9. The summed E-state index contributed by atoms with van der Waals surface area (Å²) in [4.78, 5) is 7.54. The molecule has 3 heterocycles. The second-order valence-electron chi connectivity index (χ2n) is 7.23. The second kappa shape index (κ2) is 7.67. The van der Waals surface area contributed by atoms with E-state index in [4.69, 9.17) is 0 Å². The van der Waals surface area contributed by atoms with E-state index < -0.39 is 30.1 Å². The Morgan fingerprint density at radius 2 is 1.77 bits per heavy atom. The lowest BCUT2D eigenvalue weighted by Gasteiger charge is -2.41. The fourth-order valence-corrected chi connectivity index (χ4v) is 3.79. The summed E-state index contributed by atoms with van der Waals surface area (Å²) >= 11 is 0. The molecule has 3 N–H and O–H groups in total. The minimum atomic E-state index is -4.42. The van der Waals surface area contributed by atoms with Gasteiger partial charge in [-0.3, -0.25) is 9.88 Å². The first-order valence-electron chi connectivity index (χ1n) is 8.78. The average molecular weight is 375 g/mol. The number of aliphatic hydroxyl groups is 3. The number of aliphatic hydroxyl groups excluding tert-OH is 3. The molecule has 0 radical (unpaired) electrons. The second-order valence-corrected chi connectivity index (χ2v) is 7.23. The molecule has 1 aromatic rings. The third-order valence-corrected chi connectivity index (χ3v) is 5.13. The van der Waals surface area contributed by atoms with Crippen molar-refractivity contribution < 1.29 is 28.5 Å². The van der Waals surface area contributed by atoms with Crippen LogP contribution in [0.3, 0.4) is 0 Å². The number of β-amino-alcohol motifs (C(OH)–C–C–N with tert-alkyl or cyclic N) is 2. The third-order valence-electron chi connectivity index (χ3n) is 5.13. The number of anilines is 1. The van der Waals surface area contributed by atoms with E-state index in [0.29, 0.717) is 25.3 Å². The number of hydrogen-bond donors (Lipinski definition) is 3. The van der Waals surface area contributed by atoms with Gasteiger partial charge in [0.15, 0.2) is 0 Å². The van der Waals surface area contributed by atoms with Crippen LogP contribution in [0.1, 0.15) is 18.4 Å². The predicted molar refractivity (Wildman–Crippen MR) is 88.6 cm³/mol. The van der Waals surface area contributed by atoms with Gasteiger partial charge in [-0.15, -0.1) is 0 Å². The average Bonchev–Trinajstić information content (AvgIpc) is 2.59. The van der Waals surface area contributed by atoms with Crippen molar-refractivity contribution in [3.63, 3.8) is 0 Å². The van der Waals surface area contributed by atoms with Crippen molar-refractivity contribution in [2.24, 2.45) is 5.92 Å². The van der Waals surface area contributed by atoms with Crippen molar-refractivity contribution in [2.75, 3.05) is 37.6 Å². The molecule has 1 aromatic heterocycles. The summed E-state index contributed by atoms with van der Waals surface area (Å²) < 4.78 is 38.7. The molecule has 0 amide bonds. The molecular formula is C17H24F3N3O3. The normalized spacial score (nSPS) is 31.2. The Hall–Kier alpha value is -1.42. The van der Waals surface area contributed by atoms with Gasteiger partial charge in [-0.25, -0.2) is 0 Å². The number of piperidine rings is 2. The van der Waals surface area contributed by atoms with Gasteiger partial charge in [0.25, 0.3) is 0 Å². The Morgan fingerprint density at radius 3 is 2.42 bits per heavy atom. The van der Waals surface area contributed by atoms with E-state index in [1.807, 2.05) is 9.80 Å². The zero-order valence-corrected chi connectivity index (χ0v) is 14.3. The van der Waals surface area contributed by atoms with Crippen molar-refractivity contribution in [2.45, 2.75) is 37.3 Å².